The molecule has 3 nitrogen and oxygen atoms in total. The number of aromatic hydroxyl groups is 1. The summed E-state index contributed by atoms with van der Waals surface area (Å²) in [6.07, 6.45) is 3.95. The van der Waals surface area contributed by atoms with Gasteiger partial charge in [0, 0.05) is 17.5 Å². The number of fused-ring (bicyclic) bond motifs is 1. The van der Waals surface area contributed by atoms with Crippen LogP contribution in [0.4, 0.5) is 0 Å². The lowest BCUT2D eigenvalue weighted by molar-refractivity contribution is 0.0971. The molecule has 0 heterocycles. The first-order valence-electron chi connectivity index (χ1n) is 5.79. The van der Waals surface area contributed by atoms with Crippen LogP contribution in [-0.4, -0.2) is 17.5 Å². The minimum Gasteiger partial charge on any atom is -0.508 e. The zero-order chi connectivity index (χ0) is 12.3. The molecule has 1 aliphatic carbocycles. The SMILES string of the molecule is C=CCOCc1c(O)ccc2c1CCCC2=O. The van der Waals surface area contributed by atoms with Crippen LogP contribution in [0.1, 0.15) is 34.3 Å². The molecule has 2 rings (SSSR count). The molecule has 1 N–H and O–H groups in total. The van der Waals surface area contributed by atoms with E-state index in [1.807, 2.05) is 0 Å². The second kappa shape index (κ2) is 5.15. The minimum absolute atomic E-state index is 0.163. The first-order valence-corrected chi connectivity index (χ1v) is 5.79. The van der Waals surface area contributed by atoms with Gasteiger partial charge in [0.2, 0.25) is 0 Å². The number of hydrogen-bond donors (Lipinski definition) is 1. The highest BCUT2D eigenvalue weighted by molar-refractivity contribution is 5.99. The van der Waals surface area contributed by atoms with Crippen LogP contribution in [0.15, 0.2) is 24.8 Å². The van der Waals surface area contributed by atoms with E-state index in [1.165, 1.54) is 0 Å². The fraction of sp³-hybridized carbons (Fsp3) is 0.357. The summed E-state index contributed by atoms with van der Waals surface area (Å²) in [6.45, 7) is 4.34. The summed E-state index contributed by atoms with van der Waals surface area (Å²) in [4.78, 5) is 11.7. The molecule has 0 saturated carbocycles. The van der Waals surface area contributed by atoms with Gasteiger partial charge in [0.15, 0.2) is 5.78 Å². The average Bonchev–Trinajstić information content (AvgIpc) is 2.32. The van der Waals surface area contributed by atoms with Gasteiger partial charge < -0.3 is 9.84 Å². The molecule has 0 atom stereocenters. The van der Waals surface area contributed by atoms with Crippen LogP contribution in [-0.2, 0) is 17.8 Å². The molecule has 1 aromatic carbocycles. The van der Waals surface area contributed by atoms with Gasteiger partial charge >= 0.3 is 0 Å². The van der Waals surface area contributed by atoms with Crippen molar-refractivity contribution in [2.75, 3.05) is 6.61 Å². The van der Waals surface area contributed by atoms with Crippen LogP contribution in [0.3, 0.4) is 0 Å². The normalized spacial score (nSPS) is 14.5. The fourth-order valence-electron chi connectivity index (χ4n) is 2.19. The Balaban J connectivity index is 2.32. The number of benzene rings is 1. The number of hydrogen-bond acceptors (Lipinski definition) is 3. The van der Waals surface area contributed by atoms with Crippen molar-refractivity contribution in [3.05, 3.63) is 41.5 Å². The van der Waals surface area contributed by atoms with Crippen molar-refractivity contribution in [2.24, 2.45) is 0 Å². The molecule has 0 unspecified atom stereocenters. The van der Waals surface area contributed by atoms with Crippen molar-refractivity contribution < 1.29 is 14.6 Å². The number of carbonyl (C=O) groups excluding carboxylic acids is 1. The quantitative estimate of drug-likeness (QED) is 0.641. The molecule has 0 spiro atoms. The Morgan fingerprint density at radius 2 is 2.24 bits per heavy atom. The largest absolute Gasteiger partial charge is 0.508 e. The van der Waals surface area contributed by atoms with Crippen LogP contribution in [0.5, 0.6) is 5.75 Å². The van der Waals surface area contributed by atoms with E-state index in [-0.39, 0.29) is 11.5 Å². The number of phenolic OH excluding ortho intramolecular Hbond substituents is 1. The van der Waals surface area contributed by atoms with Crippen molar-refractivity contribution in [1.82, 2.24) is 0 Å². The second-order valence-electron chi connectivity index (χ2n) is 4.17. The van der Waals surface area contributed by atoms with Gasteiger partial charge in [0.1, 0.15) is 5.75 Å². The summed E-state index contributed by atoms with van der Waals surface area (Å²) in [5.74, 6) is 0.374. The third-order valence-electron chi connectivity index (χ3n) is 3.02. The molecule has 17 heavy (non-hydrogen) atoms. The van der Waals surface area contributed by atoms with Crippen molar-refractivity contribution in [1.29, 1.82) is 0 Å². The summed E-state index contributed by atoms with van der Waals surface area (Å²) in [5.41, 5.74) is 2.44. The Bertz CT molecular complexity index is 449. The molecular formula is C14H16O3. The van der Waals surface area contributed by atoms with Crippen LogP contribution in [0.2, 0.25) is 0 Å². The number of Topliss-reactive ketones (excluding diaryl/α,β-unsaturated/α-hetero) is 1. The molecule has 0 aromatic heterocycles. The highest BCUT2D eigenvalue weighted by Gasteiger charge is 2.21. The zero-order valence-electron chi connectivity index (χ0n) is 9.74. The highest BCUT2D eigenvalue weighted by atomic mass is 16.5. The van der Waals surface area contributed by atoms with E-state index in [4.69, 9.17) is 4.74 Å². The van der Waals surface area contributed by atoms with Crippen molar-refractivity contribution >= 4 is 5.78 Å². The molecule has 3 heteroatoms. The molecule has 1 aliphatic rings. The minimum atomic E-state index is 0.163. The summed E-state index contributed by atoms with van der Waals surface area (Å²) in [6, 6.07) is 3.29. The van der Waals surface area contributed by atoms with Crippen molar-refractivity contribution in [3.63, 3.8) is 0 Å². The molecule has 0 fully saturated rings. The average molecular weight is 232 g/mol. The first kappa shape index (κ1) is 11.9. The monoisotopic (exact) mass is 232 g/mol. The van der Waals surface area contributed by atoms with Gasteiger partial charge in [0.25, 0.3) is 0 Å². The molecule has 90 valence electrons. The Hall–Kier alpha value is -1.61. The Labute approximate surface area is 101 Å². The Morgan fingerprint density at radius 1 is 1.41 bits per heavy atom. The lowest BCUT2D eigenvalue weighted by Crippen LogP contribution is -2.13. The molecule has 0 aliphatic heterocycles. The lowest BCUT2D eigenvalue weighted by atomic mass is 9.87. The number of carbonyl (C=O) groups is 1. The molecule has 0 radical (unpaired) electrons. The van der Waals surface area contributed by atoms with E-state index in [0.717, 1.165) is 29.5 Å². The van der Waals surface area contributed by atoms with E-state index in [0.29, 0.717) is 19.6 Å². The van der Waals surface area contributed by atoms with E-state index < -0.39 is 0 Å². The van der Waals surface area contributed by atoms with E-state index in [9.17, 15) is 9.90 Å². The predicted octanol–water partition coefficient (Wildman–Crippen LogP) is 2.61. The van der Waals surface area contributed by atoms with Crippen LogP contribution >= 0.6 is 0 Å². The Kier molecular flexibility index (Phi) is 3.59. The smallest absolute Gasteiger partial charge is 0.163 e. The molecule has 0 bridgehead atoms. The lowest BCUT2D eigenvalue weighted by Gasteiger charge is -2.19. The van der Waals surface area contributed by atoms with Gasteiger partial charge in [-0.3, -0.25) is 4.79 Å². The van der Waals surface area contributed by atoms with Gasteiger partial charge in [-0.15, -0.1) is 6.58 Å². The number of phenols is 1. The topological polar surface area (TPSA) is 46.5 Å². The maximum Gasteiger partial charge on any atom is 0.163 e. The number of ketones is 1. The zero-order valence-corrected chi connectivity index (χ0v) is 9.74. The van der Waals surface area contributed by atoms with E-state index in [1.54, 1.807) is 18.2 Å². The maximum atomic E-state index is 11.7. The number of ether oxygens (including phenoxy) is 1. The summed E-state index contributed by atoms with van der Waals surface area (Å²) in [7, 11) is 0. The van der Waals surface area contributed by atoms with E-state index >= 15 is 0 Å². The van der Waals surface area contributed by atoms with Gasteiger partial charge in [0.05, 0.1) is 13.2 Å². The van der Waals surface area contributed by atoms with Crippen molar-refractivity contribution in [2.45, 2.75) is 25.9 Å². The van der Waals surface area contributed by atoms with Crippen LogP contribution in [0.25, 0.3) is 0 Å². The molecule has 1 aromatic rings. The highest BCUT2D eigenvalue weighted by Crippen LogP contribution is 2.30. The molecule has 0 amide bonds. The van der Waals surface area contributed by atoms with Gasteiger partial charge in [-0.1, -0.05) is 6.08 Å². The summed E-state index contributed by atoms with van der Waals surface area (Å²) < 4.78 is 5.36. The third kappa shape index (κ3) is 2.39. The van der Waals surface area contributed by atoms with Gasteiger partial charge in [-0.2, -0.15) is 0 Å². The number of rotatable bonds is 4. The van der Waals surface area contributed by atoms with Gasteiger partial charge in [-0.25, -0.2) is 0 Å². The van der Waals surface area contributed by atoms with E-state index in [2.05, 4.69) is 6.58 Å². The van der Waals surface area contributed by atoms with Crippen molar-refractivity contribution in [3.8, 4) is 5.75 Å². The summed E-state index contributed by atoms with van der Waals surface area (Å²) >= 11 is 0. The maximum absolute atomic E-state index is 11.7. The molecule has 0 saturated heterocycles. The second-order valence-corrected chi connectivity index (χ2v) is 4.17. The predicted molar refractivity (Wildman–Crippen MR) is 65.2 cm³/mol. The first-order chi connectivity index (χ1) is 8.24. The fourth-order valence-corrected chi connectivity index (χ4v) is 2.19. The Morgan fingerprint density at radius 3 is 3.00 bits per heavy atom. The third-order valence-corrected chi connectivity index (χ3v) is 3.02. The van der Waals surface area contributed by atoms with Gasteiger partial charge in [-0.05, 0) is 30.5 Å². The molecular weight excluding hydrogens is 216 g/mol. The van der Waals surface area contributed by atoms with Crippen LogP contribution in [0, 0.1) is 0 Å². The summed E-state index contributed by atoms with van der Waals surface area (Å²) in [5, 5.41) is 9.83. The van der Waals surface area contributed by atoms with Crippen LogP contribution < -0.4 is 0 Å². The standard InChI is InChI=1S/C14H16O3/c1-2-8-17-9-12-10-4-3-5-13(15)11(10)6-7-14(12)16/h2,6-7,16H,1,3-5,8-9H2.